The maximum Gasteiger partial charge on any atom is 0.238 e. The predicted octanol–water partition coefficient (Wildman–Crippen LogP) is 0.646. The molecule has 0 aromatic heterocycles. The van der Waals surface area contributed by atoms with Crippen LogP contribution in [-0.4, -0.2) is 67.6 Å². The van der Waals surface area contributed by atoms with Crippen LogP contribution in [0.4, 0.5) is 0 Å². The van der Waals surface area contributed by atoms with Crippen molar-refractivity contribution in [2.75, 3.05) is 40.3 Å². The number of amides is 1. The van der Waals surface area contributed by atoms with Crippen molar-refractivity contribution in [2.45, 2.75) is 50.6 Å². The highest BCUT2D eigenvalue weighted by atomic mass is 16.1. The summed E-state index contributed by atoms with van der Waals surface area (Å²) in [6.07, 6.45) is 5.40. The summed E-state index contributed by atoms with van der Waals surface area (Å²) in [5, 5.41) is 3.24. The van der Waals surface area contributed by atoms with Gasteiger partial charge in [0.25, 0.3) is 0 Å². The fourth-order valence-corrected chi connectivity index (χ4v) is 4.24. The number of nitrogens with two attached hydrogens (primary N) is 1. The molecule has 0 radical (unpaired) electrons. The molecule has 5 heteroatoms. The van der Waals surface area contributed by atoms with Crippen LogP contribution in [0, 0.1) is 5.92 Å². The number of rotatable bonds is 6. The fourth-order valence-electron chi connectivity index (χ4n) is 4.24. The van der Waals surface area contributed by atoms with Crippen molar-refractivity contribution in [1.82, 2.24) is 15.1 Å². The van der Waals surface area contributed by atoms with Crippen LogP contribution in [0.2, 0.25) is 0 Å². The molecule has 2 rings (SSSR count). The third-order valence-corrected chi connectivity index (χ3v) is 5.83. The predicted molar refractivity (Wildman–Crippen MR) is 86.1 cm³/mol. The Morgan fingerprint density at radius 2 is 2.19 bits per heavy atom. The van der Waals surface area contributed by atoms with E-state index in [0.717, 1.165) is 51.9 Å². The number of hydrogen-bond donors (Lipinski definition) is 2. The summed E-state index contributed by atoms with van der Waals surface area (Å²) in [6, 6.07) is 0.674. The lowest BCUT2D eigenvalue weighted by molar-refractivity contribution is -0.125. The second-order valence-electron chi connectivity index (χ2n) is 6.81. The third-order valence-electron chi connectivity index (χ3n) is 5.83. The molecule has 5 nitrogen and oxygen atoms in total. The van der Waals surface area contributed by atoms with Gasteiger partial charge in [0.2, 0.25) is 5.91 Å². The quantitative estimate of drug-likeness (QED) is 0.755. The van der Waals surface area contributed by atoms with Gasteiger partial charge in [-0.15, -0.1) is 0 Å². The first-order valence-corrected chi connectivity index (χ1v) is 8.45. The van der Waals surface area contributed by atoms with Crippen molar-refractivity contribution in [3.05, 3.63) is 0 Å². The van der Waals surface area contributed by atoms with E-state index in [1.807, 2.05) is 7.05 Å². The second-order valence-corrected chi connectivity index (χ2v) is 6.81. The Morgan fingerprint density at radius 1 is 1.43 bits per heavy atom. The molecule has 3 N–H and O–H groups in total. The number of carbonyl (C=O) groups excluding carboxylic acids is 1. The van der Waals surface area contributed by atoms with Gasteiger partial charge in [-0.1, -0.05) is 13.3 Å². The Labute approximate surface area is 129 Å². The molecule has 21 heavy (non-hydrogen) atoms. The highest BCUT2D eigenvalue weighted by Crippen LogP contribution is 2.37. The highest BCUT2D eigenvalue weighted by molar-refractivity contribution is 5.85. The summed E-state index contributed by atoms with van der Waals surface area (Å²) in [7, 11) is 4.10. The lowest BCUT2D eigenvalue weighted by Crippen LogP contribution is -2.57. The van der Waals surface area contributed by atoms with E-state index in [-0.39, 0.29) is 5.91 Å². The van der Waals surface area contributed by atoms with Crippen molar-refractivity contribution in [1.29, 1.82) is 0 Å². The van der Waals surface area contributed by atoms with E-state index in [0.29, 0.717) is 12.0 Å². The van der Waals surface area contributed by atoms with Gasteiger partial charge >= 0.3 is 0 Å². The molecule has 0 aromatic carbocycles. The molecule has 2 fully saturated rings. The minimum absolute atomic E-state index is 0.169. The molecule has 1 amide bonds. The van der Waals surface area contributed by atoms with E-state index in [1.54, 1.807) is 0 Å². The average Bonchev–Trinajstić information content (AvgIpc) is 2.90. The molecule has 0 aromatic rings. The van der Waals surface area contributed by atoms with Crippen LogP contribution in [0.5, 0.6) is 0 Å². The molecule has 1 heterocycles. The lowest BCUT2D eigenvalue weighted by atomic mass is 9.84. The number of primary amides is 1. The van der Waals surface area contributed by atoms with Crippen LogP contribution in [0.25, 0.3) is 0 Å². The lowest BCUT2D eigenvalue weighted by Gasteiger charge is -2.40. The molecule has 0 bridgehead atoms. The molecule has 1 saturated heterocycles. The SMILES string of the molecule is CCC1CN(CCC2CCCC2(NC)C(N)=O)CCN1C. The monoisotopic (exact) mass is 296 g/mol. The van der Waals surface area contributed by atoms with E-state index < -0.39 is 5.54 Å². The summed E-state index contributed by atoms with van der Waals surface area (Å²) in [4.78, 5) is 16.9. The summed E-state index contributed by atoms with van der Waals surface area (Å²) in [6.45, 7) is 6.80. The highest BCUT2D eigenvalue weighted by Gasteiger charge is 2.46. The van der Waals surface area contributed by atoms with Gasteiger partial charge < -0.3 is 20.9 Å². The number of piperazine rings is 1. The summed E-state index contributed by atoms with van der Waals surface area (Å²) in [5.74, 6) is 0.219. The first-order chi connectivity index (χ1) is 10.0. The largest absolute Gasteiger partial charge is 0.368 e. The maximum atomic E-state index is 11.9. The van der Waals surface area contributed by atoms with Crippen molar-refractivity contribution in [2.24, 2.45) is 11.7 Å². The zero-order chi connectivity index (χ0) is 15.5. The molecule has 1 aliphatic heterocycles. The zero-order valence-corrected chi connectivity index (χ0v) is 13.9. The average molecular weight is 296 g/mol. The first-order valence-electron chi connectivity index (χ1n) is 8.45. The van der Waals surface area contributed by atoms with Crippen LogP contribution >= 0.6 is 0 Å². The van der Waals surface area contributed by atoms with Gasteiger partial charge in [0.15, 0.2) is 0 Å². The van der Waals surface area contributed by atoms with Gasteiger partial charge in [0, 0.05) is 25.7 Å². The molecule has 1 saturated carbocycles. The van der Waals surface area contributed by atoms with Gasteiger partial charge in [-0.2, -0.15) is 0 Å². The van der Waals surface area contributed by atoms with E-state index in [9.17, 15) is 4.79 Å². The van der Waals surface area contributed by atoms with Crippen LogP contribution in [0.15, 0.2) is 0 Å². The van der Waals surface area contributed by atoms with Crippen LogP contribution in [0.3, 0.4) is 0 Å². The van der Waals surface area contributed by atoms with Gasteiger partial charge in [-0.3, -0.25) is 4.79 Å². The van der Waals surface area contributed by atoms with Gasteiger partial charge in [0.05, 0.1) is 0 Å². The second kappa shape index (κ2) is 7.07. The first kappa shape index (κ1) is 16.7. The Bertz CT molecular complexity index is 362. The molecule has 3 atom stereocenters. The van der Waals surface area contributed by atoms with Gasteiger partial charge in [0.1, 0.15) is 5.54 Å². The van der Waals surface area contributed by atoms with Crippen molar-refractivity contribution in [3.8, 4) is 0 Å². The summed E-state index contributed by atoms with van der Waals surface area (Å²) < 4.78 is 0. The smallest absolute Gasteiger partial charge is 0.238 e. The Hall–Kier alpha value is -0.650. The van der Waals surface area contributed by atoms with E-state index in [4.69, 9.17) is 5.73 Å². The summed E-state index contributed by atoms with van der Waals surface area (Å²) >= 11 is 0. The topological polar surface area (TPSA) is 61.6 Å². The molecular weight excluding hydrogens is 264 g/mol. The van der Waals surface area contributed by atoms with Gasteiger partial charge in [-0.05, 0) is 52.2 Å². The standard InChI is InChI=1S/C16H32N4O/c1-4-14-12-20(11-10-19(14)3)9-7-13-6-5-8-16(13,18-2)15(17)21/h13-14,18H,4-12H2,1-3H3,(H2,17,21). The molecule has 0 spiro atoms. The summed E-state index contributed by atoms with van der Waals surface area (Å²) in [5.41, 5.74) is 5.22. The molecule has 1 aliphatic carbocycles. The Kier molecular flexibility index (Phi) is 5.63. The van der Waals surface area contributed by atoms with E-state index >= 15 is 0 Å². The normalized spacial score (nSPS) is 35.2. The number of nitrogens with zero attached hydrogens (tertiary/aromatic N) is 2. The number of nitrogens with one attached hydrogen (secondary N) is 1. The molecule has 3 unspecified atom stereocenters. The van der Waals surface area contributed by atoms with Crippen LogP contribution < -0.4 is 11.1 Å². The Morgan fingerprint density at radius 3 is 2.81 bits per heavy atom. The van der Waals surface area contributed by atoms with Crippen LogP contribution in [-0.2, 0) is 4.79 Å². The minimum Gasteiger partial charge on any atom is -0.368 e. The van der Waals surface area contributed by atoms with E-state index in [2.05, 4.69) is 29.1 Å². The minimum atomic E-state index is -0.462. The third kappa shape index (κ3) is 3.41. The van der Waals surface area contributed by atoms with Crippen molar-refractivity contribution in [3.63, 3.8) is 0 Å². The molecule has 2 aliphatic rings. The number of carbonyl (C=O) groups is 1. The number of likely N-dealkylation sites (N-methyl/N-ethyl adjacent to an activating group) is 2. The molecule has 122 valence electrons. The molecular formula is C16H32N4O. The van der Waals surface area contributed by atoms with Gasteiger partial charge in [-0.25, -0.2) is 0 Å². The fraction of sp³-hybridized carbons (Fsp3) is 0.938. The van der Waals surface area contributed by atoms with Crippen LogP contribution in [0.1, 0.15) is 39.0 Å². The van der Waals surface area contributed by atoms with E-state index in [1.165, 1.54) is 6.42 Å². The van der Waals surface area contributed by atoms with Crippen molar-refractivity contribution >= 4 is 5.91 Å². The Balaban J connectivity index is 1.89. The van der Waals surface area contributed by atoms with Crippen molar-refractivity contribution < 1.29 is 4.79 Å². The zero-order valence-electron chi connectivity index (χ0n) is 13.9. The maximum absolute atomic E-state index is 11.9. The number of hydrogen-bond acceptors (Lipinski definition) is 4.